The zero-order valence-corrected chi connectivity index (χ0v) is 11.5. The predicted molar refractivity (Wildman–Crippen MR) is 69.3 cm³/mol. The van der Waals surface area contributed by atoms with Gasteiger partial charge in [0.05, 0.1) is 32.6 Å². The van der Waals surface area contributed by atoms with E-state index < -0.39 is 29.0 Å². The molecule has 0 amide bonds. The summed E-state index contributed by atoms with van der Waals surface area (Å²) in [6.45, 7) is -0.354. The Kier molecular flexibility index (Phi) is 6.00. The summed E-state index contributed by atoms with van der Waals surface area (Å²) in [5.74, 6) is -2.04. The molecule has 0 saturated carbocycles. The Balaban J connectivity index is 2.79. The molecule has 1 aliphatic rings. The highest BCUT2D eigenvalue weighted by Crippen LogP contribution is 2.20. The van der Waals surface area contributed by atoms with E-state index in [-0.39, 0.29) is 45.7 Å². The maximum atomic E-state index is 11.2. The maximum absolute atomic E-state index is 11.2. The number of nitrogens with zero attached hydrogens (tertiary/aromatic N) is 3. The number of aliphatic hydroxyl groups is 1. The van der Waals surface area contributed by atoms with Crippen LogP contribution in [0, 0.1) is 10.1 Å². The van der Waals surface area contributed by atoms with Crippen molar-refractivity contribution in [3.05, 3.63) is 10.1 Å². The second-order valence-corrected chi connectivity index (χ2v) is 5.17. The van der Waals surface area contributed by atoms with Crippen LogP contribution < -0.4 is 0 Å². The van der Waals surface area contributed by atoms with Crippen molar-refractivity contribution in [2.75, 3.05) is 39.5 Å². The highest BCUT2D eigenvalue weighted by atomic mass is 16.6. The first-order chi connectivity index (χ1) is 9.79. The van der Waals surface area contributed by atoms with E-state index in [9.17, 15) is 24.8 Å². The van der Waals surface area contributed by atoms with Crippen molar-refractivity contribution in [1.82, 2.24) is 9.80 Å². The minimum Gasteiger partial charge on any atom is -0.481 e. The molecule has 3 N–H and O–H groups in total. The van der Waals surface area contributed by atoms with Gasteiger partial charge in [0, 0.05) is 18.0 Å². The molecule has 1 saturated heterocycles. The Morgan fingerprint density at radius 2 is 1.52 bits per heavy atom. The maximum Gasteiger partial charge on any atom is 0.304 e. The molecule has 1 aliphatic heterocycles. The van der Waals surface area contributed by atoms with Crippen LogP contribution in [0.15, 0.2) is 0 Å². The molecule has 0 bridgehead atoms. The Morgan fingerprint density at radius 3 is 1.81 bits per heavy atom. The third kappa shape index (κ3) is 4.92. The van der Waals surface area contributed by atoms with Crippen LogP contribution in [0.1, 0.15) is 12.8 Å². The molecule has 0 aromatic rings. The summed E-state index contributed by atoms with van der Waals surface area (Å²) in [4.78, 5) is 35.0. The Hall–Kier alpha value is -1.78. The van der Waals surface area contributed by atoms with E-state index >= 15 is 0 Å². The van der Waals surface area contributed by atoms with E-state index in [4.69, 9.17) is 10.2 Å². The molecule has 120 valence electrons. The first kappa shape index (κ1) is 17.3. The van der Waals surface area contributed by atoms with Crippen molar-refractivity contribution in [3.8, 4) is 0 Å². The SMILES string of the molecule is O=C(O)CCN1CN(CCC(=O)O)CC(CO)([N+](=O)[O-])C1. The third-order valence-electron chi connectivity index (χ3n) is 3.40. The fourth-order valence-electron chi connectivity index (χ4n) is 2.35. The standard InChI is InChI=1S/C11H19N3O7/c15-7-11(14(20)21)5-12(3-1-9(16)17)8-13(6-11)4-2-10(18)19/h15H,1-8H2,(H,16,17)(H,18,19). The number of carbonyl (C=O) groups is 2. The lowest BCUT2D eigenvalue weighted by Gasteiger charge is -2.41. The lowest BCUT2D eigenvalue weighted by molar-refractivity contribution is -0.578. The van der Waals surface area contributed by atoms with Gasteiger partial charge in [-0.3, -0.25) is 29.5 Å². The lowest BCUT2D eigenvalue weighted by Crippen LogP contribution is -2.65. The smallest absolute Gasteiger partial charge is 0.304 e. The summed E-state index contributed by atoms with van der Waals surface area (Å²) in [7, 11) is 0. The number of aliphatic hydroxyl groups excluding tert-OH is 1. The molecule has 0 aromatic carbocycles. The number of rotatable bonds is 8. The summed E-state index contributed by atoms with van der Waals surface area (Å²) < 4.78 is 0. The van der Waals surface area contributed by atoms with Crippen molar-refractivity contribution in [2.24, 2.45) is 0 Å². The number of hydrogen-bond acceptors (Lipinski definition) is 7. The topological polar surface area (TPSA) is 144 Å². The molecule has 21 heavy (non-hydrogen) atoms. The molecule has 0 aromatic heterocycles. The molecule has 0 aliphatic carbocycles. The summed E-state index contributed by atoms with van der Waals surface area (Å²) in [6.07, 6.45) is -0.349. The van der Waals surface area contributed by atoms with Crippen LogP contribution in [0.5, 0.6) is 0 Å². The van der Waals surface area contributed by atoms with E-state index in [2.05, 4.69) is 0 Å². The van der Waals surface area contributed by atoms with Crippen LogP contribution in [0.25, 0.3) is 0 Å². The fraction of sp³-hybridized carbons (Fsp3) is 0.818. The zero-order valence-electron chi connectivity index (χ0n) is 11.5. The van der Waals surface area contributed by atoms with Gasteiger partial charge < -0.3 is 15.3 Å². The van der Waals surface area contributed by atoms with Crippen LogP contribution in [-0.4, -0.2) is 87.0 Å². The molecular formula is C11H19N3O7. The van der Waals surface area contributed by atoms with Crippen LogP contribution >= 0.6 is 0 Å². The van der Waals surface area contributed by atoms with Gasteiger partial charge in [0.25, 0.3) is 5.54 Å². The second kappa shape index (κ2) is 7.29. The van der Waals surface area contributed by atoms with Crippen LogP contribution in [0.2, 0.25) is 0 Å². The molecule has 1 heterocycles. The van der Waals surface area contributed by atoms with Crippen LogP contribution in [0.3, 0.4) is 0 Å². The van der Waals surface area contributed by atoms with Crippen molar-refractivity contribution < 1.29 is 29.8 Å². The highest BCUT2D eigenvalue weighted by Gasteiger charge is 2.48. The van der Waals surface area contributed by atoms with E-state index in [0.29, 0.717) is 0 Å². The first-order valence-electron chi connectivity index (χ1n) is 6.43. The minimum absolute atomic E-state index is 0.0622. The van der Waals surface area contributed by atoms with Gasteiger partial charge in [-0.15, -0.1) is 0 Å². The van der Waals surface area contributed by atoms with Gasteiger partial charge in [-0.2, -0.15) is 0 Å². The summed E-state index contributed by atoms with van der Waals surface area (Å²) in [5, 5.41) is 38.0. The van der Waals surface area contributed by atoms with Crippen LogP contribution in [0.4, 0.5) is 0 Å². The number of carboxylic acid groups (broad SMARTS) is 2. The Bertz CT molecular complexity index is 389. The third-order valence-corrected chi connectivity index (χ3v) is 3.40. The largest absolute Gasteiger partial charge is 0.481 e. The van der Waals surface area contributed by atoms with E-state index in [0.717, 1.165) is 0 Å². The summed E-state index contributed by atoms with van der Waals surface area (Å²) >= 11 is 0. The normalized spacial score (nSPS) is 19.3. The number of aliphatic carboxylic acids is 2. The highest BCUT2D eigenvalue weighted by molar-refractivity contribution is 5.67. The van der Waals surface area contributed by atoms with Gasteiger partial charge in [-0.25, -0.2) is 0 Å². The molecule has 10 heteroatoms. The van der Waals surface area contributed by atoms with Crippen molar-refractivity contribution in [2.45, 2.75) is 18.4 Å². The molecular weight excluding hydrogens is 286 g/mol. The summed E-state index contributed by atoms with van der Waals surface area (Å²) in [6, 6.07) is 0. The molecule has 0 radical (unpaired) electrons. The van der Waals surface area contributed by atoms with Gasteiger partial charge >= 0.3 is 11.9 Å². The van der Waals surface area contributed by atoms with E-state index in [1.807, 2.05) is 0 Å². The van der Waals surface area contributed by atoms with Gasteiger partial charge in [0.15, 0.2) is 0 Å². The second-order valence-electron chi connectivity index (χ2n) is 5.17. The quantitative estimate of drug-likeness (QED) is 0.361. The molecule has 0 spiro atoms. The van der Waals surface area contributed by atoms with Gasteiger partial charge in [0.1, 0.15) is 6.61 Å². The van der Waals surface area contributed by atoms with Crippen molar-refractivity contribution in [3.63, 3.8) is 0 Å². The lowest BCUT2D eigenvalue weighted by atomic mass is 9.97. The average molecular weight is 305 g/mol. The predicted octanol–water partition coefficient (Wildman–Crippen LogP) is -1.48. The fourth-order valence-corrected chi connectivity index (χ4v) is 2.35. The molecule has 1 rings (SSSR count). The van der Waals surface area contributed by atoms with Gasteiger partial charge in [-0.1, -0.05) is 0 Å². The molecule has 10 nitrogen and oxygen atoms in total. The monoisotopic (exact) mass is 305 g/mol. The van der Waals surface area contributed by atoms with Gasteiger partial charge in [-0.05, 0) is 0 Å². The minimum atomic E-state index is -1.62. The summed E-state index contributed by atoms with van der Waals surface area (Å²) in [5.41, 5.74) is -1.62. The molecule has 0 atom stereocenters. The first-order valence-corrected chi connectivity index (χ1v) is 6.43. The van der Waals surface area contributed by atoms with Crippen molar-refractivity contribution >= 4 is 11.9 Å². The van der Waals surface area contributed by atoms with Crippen molar-refractivity contribution in [1.29, 1.82) is 0 Å². The average Bonchev–Trinajstić information content (AvgIpc) is 2.42. The number of hydrogen-bond donors (Lipinski definition) is 3. The van der Waals surface area contributed by atoms with E-state index in [1.165, 1.54) is 0 Å². The Morgan fingerprint density at radius 1 is 1.10 bits per heavy atom. The van der Waals surface area contributed by atoms with Gasteiger partial charge in [0.2, 0.25) is 0 Å². The Labute approximate surface area is 120 Å². The van der Waals surface area contributed by atoms with E-state index in [1.54, 1.807) is 9.80 Å². The number of carboxylic acids is 2. The molecule has 0 unspecified atom stereocenters. The zero-order chi connectivity index (χ0) is 16.0. The van der Waals surface area contributed by atoms with Crippen LogP contribution in [-0.2, 0) is 9.59 Å². The molecule has 1 fully saturated rings. The number of nitro groups is 1.